The highest BCUT2D eigenvalue weighted by molar-refractivity contribution is 6.31. The van der Waals surface area contributed by atoms with Crippen LogP contribution in [0.15, 0.2) is 42.5 Å². The number of nitrogens with two attached hydrogens (primary N) is 1. The third-order valence-electron chi connectivity index (χ3n) is 3.85. The van der Waals surface area contributed by atoms with Crippen LogP contribution in [0.5, 0.6) is 0 Å². The number of halogens is 2. The topological polar surface area (TPSA) is 110 Å². The van der Waals surface area contributed by atoms with Gasteiger partial charge in [0.25, 0.3) is 11.6 Å². The van der Waals surface area contributed by atoms with Gasteiger partial charge < -0.3 is 16.4 Å². The van der Waals surface area contributed by atoms with Gasteiger partial charge in [0.15, 0.2) is 0 Å². The lowest BCUT2D eigenvalue weighted by Crippen LogP contribution is -2.48. The first-order chi connectivity index (χ1) is 12.2. The quantitative estimate of drug-likeness (QED) is 0.473. The number of nitro groups is 1. The molecule has 0 bridgehead atoms. The van der Waals surface area contributed by atoms with Gasteiger partial charge in [-0.3, -0.25) is 14.9 Å². The zero-order valence-electron chi connectivity index (χ0n) is 15.0. The van der Waals surface area contributed by atoms with Crippen LogP contribution in [0.2, 0.25) is 5.02 Å². The summed E-state index contributed by atoms with van der Waals surface area (Å²) in [5, 5.41) is 17.7. The molecule has 0 fully saturated rings. The summed E-state index contributed by atoms with van der Waals surface area (Å²) in [6.45, 7) is 4.13. The molecule has 2 aromatic rings. The molecule has 0 unspecified atom stereocenters. The lowest BCUT2D eigenvalue weighted by Gasteiger charge is -2.24. The summed E-state index contributed by atoms with van der Waals surface area (Å²) in [5.74, 6) is -0.416. The van der Waals surface area contributed by atoms with E-state index in [2.05, 4.69) is 10.6 Å². The predicted octanol–water partition coefficient (Wildman–Crippen LogP) is 3.75. The first-order valence-electron chi connectivity index (χ1n) is 8.02. The van der Waals surface area contributed by atoms with Crippen molar-refractivity contribution in [2.75, 3.05) is 11.9 Å². The standard InChI is InChI=1S/C18H21ClN4O3.ClH/c1-18(2,11-20)22-17(24)12-7-8-15(16(9-12)23(25)26)21-10-13-5-3-4-6-14(13)19;/h3-9,21H,10-11,20H2,1-2H3,(H,22,24);1H. The molecule has 2 rings (SSSR count). The first kappa shape index (κ1) is 22.7. The van der Waals surface area contributed by atoms with E-state index >= 15 is 0 Å². The van der Waals surface area contributed by atoms with Crippen molar-refractivity contribution in [3.8, 4) is 0 Å². The van der Waals surface area contributed by atoms with Crippen molar-refractivity contribution in [3.63, 3.8) is 0 Å². The summed E-state index contributed by atoms with van der Waals surface area (Å²) >= 11 is 6.10. The number of nitrogens with zero attached hydrogens (tertiary/aromatic N) is 1. The minimum absolute atomic E-state index is 0. The van der Waals surface area contributed by atoms with Gasteiger partial charge in [0.05, 0.1) is 4.92 Å². The van der Waals surface area contributed by atoms with E-state index in [1.165, 1.54) is 18.2 Å². The third kappa shape index (κ3) is 6.09. The number of amides is 1. The maximum Gasteiger partial charge on any atom is 0.293 e. The predicted molar refractivity (Wildman–Crippen MR) is 110 cm³/mol. The molecular formula is C18H22Cl2N4O3. The second kappa shape index (κ2) is 9.55. The summed E-state index contributed by atoms with van der Waals surface area (Å²) < 4.78 is 0. The van der Waals surface area contributed by atoms with Gasteiger partial charge in [-0.25, -0.2) is 0 Å². The Balaban J connectivity index is 0.00000364. The summed E-state index contributed by atoms with van der Waals surface area (Å²) in [6, 6.07) is 11.5. The summed E-state index contributed by atoms with van der Waals surface area (Å²) in [4.78, 5) is 23.2. The molecule has 1 amide bonds. The second-order valence-corrected chi connectivity index (χ2v) is 6.88. The molecule has 2 aromatic carbocycles. The SMILES string of the molecule is CC(C)(CN)NC(=O)c1ccc(NCc2ccccc2Cl)c([N+](=O)[O-])c1.Cl. The van der Waals surface area contributed by atoms with Crippen molar-refractivity contribution < 1.29 is 9.72 Å². The van der Waals surface area contributed by atoms with Crippen LogP contribution in [0, 0.1) is 10.1 Å². The molecule has 7 nitrogen and oxygen atoms in total. The van der Waals surface area contributed by atoms with Crippen LogP contribution in [-0.2, 0) is 6.54 Å². The van der Waals surface area contributed by atoms with Gasteiger partial charge in [0, 0.05) is 35.3 Å². The van der Waals surface area contributed by atoms with Crippen molar-refractivity contribution in [2.45, 2.75) is 25.9 Å². The minimum Gasteiger partial charge on any atom is -0.375 e. The molecule has 4 N–H and O–H groups in total. The maximum atomic E-state index is 12.3. The molecule has 0 aliphatic rings. The van der Waals surface area contributed by atoms with Crippen molar-refractivity contribution in [1.29, 1.82) is 0 Å². The lowest BCUT2D eigenvalue weighted by molar-refractivity contribution is -0.384. The highest BCUT2D eigenvalue weighted by atomic mass is 35.5. The van der Waals surface area contributed by atoms with E-state index in [1.54, 1.807) is 19.9 Å². The maximum absolute atomic E-state index is 12.3. The summed E-state index contributed by atoms with van der Waals surface area (Å²) in [6.07, 6.45) is 0. The fourth-order valence-electron chi connectivity index (χ4n) is 2.24. The number of hydrogen-bond donors (Lipinski definition) is 3. The number of carbonyl (C=O) groups excluding carboxylic acids is 1. The third-order valence-corrected chi connectivity index (χ3v) is 4.21. The smallest absolute Gasteiger partial charge is 0.293 e. The number of carbonyl (C=O) groups is 1. The van der Waals surface area contributed by atoms with E-state index < -0.39 is 16.4 Å². The Bertz CT molecular complexity index is 828. The van der Waals surface area contributed by atoms with Crippen molar-refractivity contribution in [3.05, 3.63) is 68.7 Å². The van der Waals surface area contributed by atoms with Gasteiger partial charge in [-0.2, -0.15) is 0 Å². The van der Waals surface area contributed by atoms with E-state index in [-0.39, 0.29) is 30.2 Å². The van der Waals surface area contributed by atoms with E-state index in [0.29, 0.717) is 17.3 Å². The monoisotopic (exact) mass is 412 g/mol. The van der Waals surface area contributed by atoms with E-state index in [4.69, 9.17) is 17.3 Å². The lowest BCUT2D eigenvalue weighted by atomic mass is 10.0. The van der Waals surface area contributed by atoms with Gasteiger partial charge in [-0.1, -0.05) is 29.8 Å². The molecule has 0 saturated carbocycles. The van der Waals surface area contributed by atoms with E-state index in [0.717, 1.165) is 5.56 Å². The van der Waals surface area contributed by atoms with Gasteiger partial charge >= 0.3 is 0 Å². The Kier molecular flexibility index (Phi) is 8.02. The van der Waals surface area contributed by atoms with Crippen LogP contribution in [0.4, 0.5) is 11.4 Å². The number of benzene rings is 2. The number of anilines is 1. The molecule has 0 atom stereocenters. The molecule has 0 spiro atoms. The summed E-state index contributed by atoms with van der Waals surface area (Å²) in [7, 11) is 0. The van der Waals surface area contributed by atoms with Gasteiger partial charge in [0.1, 0.15) is 5.69 Å². The van der Waals surface area contributed by atoms with Gasteiger partial charge in [-0.15, -0.1) is 12.4 Å². The molecule has 27 heavy (non-hydrogen) atoms. The molecule has 0 aromatic heterocycles. The molecular weight excluding hydrogens is 391 g/mol. The average Bonchev–Trinajstić information content (AvgIpc) is 2.60. The average molecular weight is 413 g/mol. The van der Waals surface area contributed by atoms with Crippen molar-refractivity contribution >= 4 is 41.3 Å². The second-order valence-electron chi connectivity index (χ2n) is 6.48. The fraction of sp³-hybridized carbons (Fsp3) is 0.278. The Morgan fingerprint density at radius 1 is 1.26 bits per heavy atom. The normalized spacial score (nSPS) is 10.7. The van der Waals surface area contributed by atoms with Crippen LogP contribution in [0.25, 0.3) is 0 Å². The molecule has 0 aliphatic heterocycles. The van der Waals surface area contributed by atoms with Crippen LogP contribution in [-0.4, -0.2) is 22.9 Å². The van der Waals surface area contributed by atoms with E-state index in [9.17, 15) is 14.9 Å². The van der Waals surface area contributed by atoms with Gasteiger partial charge in [0.2, 0.25) is 0 Å². The molecule has 146 valence electrons. The van der Waals surface area contributed by atoms with Crippen molar-refractivity contribution in [1.82, 2.24) is 5.32 Å². The molecule has 0 radical (unpaired) electrons. The molecule has 0 heterocycles. The molecule has 9 heteroatoms. The largest absolute Gasteiger partial charge is 0.375 e. The zero-order valence-corrected chi connectivity index (χ0v) is 16.6. The number of nitro benzene ring substituents is 1. The Hall–Kier alpha value is -2.35. The van der Waals surface area contributed by atoms with Gasteiger partial charge in [-0.05, 0) is 37.6 Å². The van der Waals surface area contributed by atoms with Crippen molar-refractivity contribution in [2.24, 2.45) is 5.73 Å². The highest BCUT2D eigenvalue weighted by Gasteiger charge is 2.22. The molecule has 0 aliphatic carbocycles. The highest BCUT2D eigenvalue weighted by Crippen LogP contribution is 2.27. The molecule has 0 saturated heterocycles. The number of nitrogens with one attached hydrogen (secondary N) is 2. The first-order valence-corrected chi connectivity index (χ1v) is 8.39. The van der Waals surface area contributed by atoms with Crippen LogP contribution >= 0.6 is 24.0 Å². The minimum atomic E-state index is -0.604. The van der Waals surface area contributed by atoms with Crippen LogP contribution in [0.3, 0.4) is 0 Å². The Morgan fingerprint density at radius 2 is 1.93 bits per heavy atom. The Labute approximate surface area is 168 Å². The fourth-order valence-corrected chi connectivity index (χ4v) is 2.44. The Morgan fingerprint density at radius 3 is 2.52 bits per heavy atom. The number of hydrogen-bond acceptors (Lipinski definition) is 5. The van der Waals surface area contributed by atoms with Crippen LogP contribution in [0.1, 0.15) is 29.8 Å². The van der Waals surface area contributed by atoms with Crippen LogP contribution < -0.4 is 16.4 Å². The number of rotatable bonds is 7. The summed E-state index contributed by atoms with van der Waals surface area (Å²) in [5.41, 5.74) is 6.13. The van der Waals surface area contributed by atoms with E-state index in [1.807, 2.05) is 18.2 Å². The zero-order chi connectivity index (χ0) is 19.3.